The standard InChI is InChI=1S/C14H15N5/c1-9(2)19-13-12(4-3-7-16-13)18-14(19)11-6-5-10(15)8-17-11/h3-9H,15H2,1-2H3. The van der Waals surface area contributed by atoms with Crippen molar-refractivity contribution < 1.29 is 0 Å². The van der Waals surface area contributed by atoms with Crippen molar-refractivity contribution in [1.29, 1.82) is 0 Å². The van der Waals surface area contributed by atoms with E-state index in [-0.39, 0.29) is 6.04 Å². The molecule has 0 spiro atoms. The number of hydrogen-bond acceptors (Lipinski definition) is 4. The molecular weight excluding hydrogens is 238 g/mol. The third kappa shape index (κ3) is 1.93. The summed E-state index contributed by atoms with van der Waals surface area (Å²) in [6.07, 6.45) is 3.43. The highest BCUT2D eigenvalue weighted by Crippen LogP contribution is 2.26. The lowest BCUT2D eigenvalue weighted by molar-refractivity contribution is 0.618. The molecule has 0 radical (unpaired) electrons. The summed E-state index contributed by atoms with van der Waals surface area (Å²) >= 11 is 0. The second-order valence-electron chi connectivity index (χ2n) is 4.72. The van der Waals surface area contributed by atoms with Crippen molar-refractivity contribution in [3.8, 4) is 11.5 Å². The van der Waals surface area contributed by atoms with E-state index in [9.17, 15) is 0 Å². The van der Waals surface area contributed by atoms with Crippen LogP contribution in [0.4, 0.5) is 5.69 Å². The van der Waals surface area contributed by atoms with Crippen LogP contribution in [0.5, 0.6) is 0 Å². The van der Waals surface area contributed by atoms with Crippen LogP contribution in [0.2, 0.25) is 0 Å². The lowest BCUT2D eigenvalue weighted by Crippen LogP contribution is -2.04. The number of nitrogens with two attached hydrogens (primary N) is 1. The Morgan fingerprint density at radius 1 is 1.16 bits per heavy atom. The zero-order valence-corrected chi connectivity index (χ0v) is 10.9. The van der Waals surface area contributed by atoms with Gasteiger partial charge < -0.3 is 10.3 Å². The van der Waals surface area contributed by atoms with Crippen molar-refractivity contribution in [3.63, 3.8) is 0 Å². The Bertz CT molecular complexity index is 712. The summed E-state index contributed by atoms with van der Waals surface area (Å²) in [6, 6.07) is 7.83. The van der Waals surface area contributed by atoms with Crippen LogP contribution in [0, 0.1) is 0 Å². The van der Waals surface area contributed by atoms with E-state index in [1.807, 2.05) is 24.3 Å². The first kappa shape index (κ1) is 11.6. The van der Waals surface area contributed by atoms with Crippen molar-refractivity contribution in [3.05, 3.63) is 36.7 Å². The van der Waals surface area contributed by atoms with Crippen LogP contribution >= 0.6 is 0 Å². The minimum atomic E-state index is 0.259. The first-order valence-electron chi connectivity index (χ1n) is 6.21. The van der Waals surface area contributed by atoms with Gasteiger partial charge in [0.1, 0.15) is 11.2 Å². The molecule has 3 heterocycles. The molecular formula is C14H15N5. The first-order valence-corrected chi connectivity index (χ1v) is 6.21. The number of fused-ring (bicyclic) bond motifs is 1. The molecule has 0 saturated carbocycles. The van der Waals surface area contributed by atoms with Crippen LogP contribution in [0.15, 0.2) is 36.7 Å². The van der Waals surface area contributed by atoms with Crippen molar-refractivity contribution >= 4 is 16.9 Å². The van der Waals surface area contributed by atoms with Crippen LogP contribution in [0.25, 0.3) is 22.7 Å². The molecule has 3 rings (SSSR count). The third-order valence-electron chi connectivity index (χ3n) is 2.98. The van der Waals surface area contributed by atoms with Gasteiger partial charge >= 0.3 is 0 Å². The predicted octanol–water partition coefficient (Wildman–Crippen LogP) is 2.66. The maximum atomic E-state index is 5.68. The Labute approximate surface area is 111 Å². The van der Waals surface area contributed by atoms with Crippen LogP contribution in [0.3, 0.4) is 0 Å². The fraction of sp³-hybridized carbons (Fsp3) is 0.214. The number of pyridine rings is 2. The molecule has 2 N–H and O–H groups in total. The molecule has 96 valence electrons. The molecule has 0 amide bonds. The van der Waals surface area contributed by atoms with Gasteiger partial charge in [-0.05, 0) is 38.1 Å². The summed E-state index contributed by atoms with van der Waals surface area (Å²) in [5, 5.41) is 0. The smallest absolute Gasteiger partial charge is 0.161 e. The molecule has 0 atom stereocenters. The Morgan fingerprint density at radius 3 is 2.68 bits per heavy atom. The summed E-state index contributed by atoms with van der Waals surface area (Å²) < 4.78 is 2.09. The molecule has 0 fully saturated rings. The van der Waals surface area contributed by atoms with Gasteiger partial charge in [0.25, 0.3) is 0 Å². The van der Waals surface area contributed by atoms with Gasteiger partial charge in [-0.25, -0.2) is 9.97 Å². The number of hydrogen-bond donors (Lipinski definition) is 1. The molecule has 0 aliphatic heterocycles. The van der Waals surface area contributed by atoms with Gasteiger partial charge in [0.15, 0.2) is 11.5 Å². The number of aromatic nitrogens is 4. The minimum absolute atomic E-state index is 0.259. The number of nitrogen functional groups attached to an aromatic ring is 1. The molecule has 0 aliphatic rings. The largest absolute Gasteiger partial charge is 0.397 e. The van der Waals surface area contributed by atoms with E-state index in [1.54, 1.807) is 12.4 Å². The van der Waals surface area contributed by atoms with E-state index in [1.165, 1.54) is 0 Å². The Balaban J connectivity index is 2.28. The van der Waals surface area contributed by atoms with Gasteiger partial charge in [-0.2, -0.15) is 0 Å². The van der Waals surface area contributed by atoms with Gasteiger partial charge in [-0.15, -0.1) is 0 Å². The van der Waals surface area contributed by atoms with E-state index >= 15 is 0 Å². The van der Waals surface area contributed by atoms with Gasteiger partial charge in [0.2, 0.25) is 0 Å². The van der Waals surface area contributed by atoms with Gasteiger partial charge in [-0.1, -0.05) is 0 Å². The average molecular weight is 253 g/mol. The molecule has 5 heteroatoms. The highest BCUT2D eigenvalue weighted by atomic mass is 15.2. The van der Waals surface area contributed by atoms with Crippen LogP contribution in [0.1, 0.15) is 19.9 Å². The fourth-order valence-electron chi connectivity index (χ4n) is 2.14. The number of imidazole rings is 1. The molecule has 0 bridgehead atoms. The zero-order chi connectivity index (χ0) is 13.4. The molecule has 5 nitrogen and oxygen atoms in total. The molecule has 0 saturated heterocycles. The maximum absolute atomic E-state index is 5.68. The molecule has 0 aliphatic carbocycles. The lowest BCUT2D eigenvalue weighted by atomic mass is 10.3. The monoisotopic (exact) mass is 253 g/mol. The van der Waals surface area contributed by atoms with E-state index in [0.717, 1.165) is 22.7 Å². The van der Waals surface area contributed by atoms with Crippen molar-refractivity contribution in [2.75, 3.05) is 5.73 Å². The quantitative estimate of drug-likeness (QED) is 0.762. The summed E-state index contributed by atoms with van der Waals surface area (Å²) in [5.41, 5.74) is 8.89. The Morgan fingerprint density at radius 2 is 2.00 bits per heavy atom. The van der Waals surface area contributed by atoms with Crippen LogP contribution < -0.4 is 5.73 Å². The van der Waals surface area contributed by atoms with E-state index in [2.05, 4.69) is 33.4 Å². The number of rotatable bonds is 2. The highest BCUT2D eigenvalue weighted by molar-refractivity contribution is 5.76. The Kier molecular flexibility index (Phi) is 2.67. The van der Waals surface area contributed by atoms with E-state index in [4.69, 9.17) is 5.73 Å². The Hall–Kier alpha value is -2.43. The summed E-state index contributed by atoms with van der Waals surface area (Å²) in [6.45, 7) is 4.22. The van der Waals surface area contributed by atoms with Crippen molar-refractivity contribution in [2.45, 2.75) is 19.9 Å². The number of nitrogens with zero attached hydrogens (tertiary/aromatic N) is 4. The fourth-order valence-corrected chi connectivity index (χ4v) is 2.14. The predicted molar refractivity (Wildman–Crippen MR) is 75.6 cm³/mol. The first-order chi connectivity index (χ1) is 9.16. The van der Waals surface area contributed by atoms with E-state index in [0.29, 0.717) is 5.69 Å². The molecule has 0 unspecified atom stereocenters. The van der Waals surface area contributed by atoms with E-state index < -0.39 is 0 Å². The second kappa shape index (κ2) is 4.35. The lowest BCUT2D eigenvalue weighted by Gasteiger charge is -2.11. The van der Waals surface area contributed by atoms with Gasteiger partial charge in [-0.3, -0.25) is 4.98 Å². The topological polar surface area (TPSA) is 69.6 Å². The van der Waals surface area contributed by atoms with Gasteiger partial charge in [0, 0.05) is 12.2 Å². The van der Waals surface area contributed by atoms with Crippen molar-refractivity contribution in [1.82, 2.24) is 19.5 Å². The molecule has 3 aromatic heterocycles. The average Bonchev–Trinajstić information content (AvgIpc) is 2.78. The minimum Gasteiger partial charge on any atom is -0.397 e. The maximum Gasteiger partial charge on any atom is 0.161 e. The van der Waals surface area contributed by atoms with Crippen LogP contribution in [-0.4, -0.2) is 19.5 Å². The molecule has 19 heavy (non-hydrogen) atoms. The zero-order valence-electron chi connectivity index (χ0n) is 10.9. The van der Waals surface area contributed by atoms with Crippen molar-refractivity contribution in [2.24, 2.45) is 0 Å². The second-order valence-corrected chi connectivity index (χ2v) is 4.72. The summed E-state index contributed by atoms with van der Waals surface area (Å²) in [4.78, 5) is 13.4. The molecule has 0 aromatic carbocycles. The summed E-state index contributed by atoms with van der Waals surface area (Å²) in [7, 11) is 0. The molecule has 3 aromatic rings. The SMILES string of the molecule is CC(C)n1c(-c2ccc(N)cn2)nc2cccnc21. The number of anilines is 1. The third-order valence-corrected chi connectivity index (χ3v) is 2.98. The van der Waals surface area contributed by atoms with Crippen LogP contribution in [-0.2, 0) is 0 Å². The summed E-state index contributed by atoms with van der Waals surface area (Å²) in [5.74, 6) is 0.823. The van der Waals surface area contributed by atoms with Gasteiger partial charge in [0.05, 0.1) is 11.9 Å². The normalized spacial score (nSPS) is 11.3. The highest BCUT2D eigenvalue weighted by Gasteiger charge is 2.16.